The molecule has 1 nitrogen and oxygen atoms in total. The standard InChI is InChI=1S/C16H16BrIO/c1-3-19-13-9-7-12(8-10-13)15(17)14-6-4-5-11(2)16(14)18/h4-10,15H,3H2,1-2H3. The summed E-state index contributed by atoms with van der Waals surface area (Å²) in [6.07, 6.45) is 0. The zero-order valence-corrected chi connectivity index (χ0v) is 14.7. The Morgan fingerprint density at radius 2 is 1.84 bits per heavy atom. The number of rotatable bonds is 4. The minimum Gasteiger partial charge on any atom is -0.494 e. The van der Waals surface area contributed by atoms with Crippen LogP contribution >= 0.6 is 38.5 Å². The van der Waals surface area contributed by atoms with Crippen molar-refractivity contribution in [2.75, 3.05) is 6.61 Å². The third kappa shape index (κ3) is 3.51. The highest BCUT2D eigenvalue weighted by atomic mass is 127. The van der Waals surface area contributed by atoms with Crippen molar-refractivity contribution in [3.8, 4) is 5.75 Å². The summed E-state index contributed by atoms with van der Waals surface area (Å²) in [6, 6.07) is 14.7. The molecule has 0 heterocycles. The fraction of sp³-hybridized carbons (Fsp3) is 0.250. The zero-order valence-electron chi connectivity index (χ0n) is 11.0. The Hall–Kier alpha value is -0.550. The van der Waals surface area contributed by atoms with Gasteiger partial charge in [0.25, 0.3) is 0 Å². The SMILES string of the molecule is CCOc1ccc(C(Br)c2cccc(C)c2I)cc1. The maximum absolute atomic E-state index is 5.47. The number of aryl methyl sites for hydroxylation is 1. The molecule has 2 aromatic carbocycles. The van der Waals surface area contributed by atoms with Gasteiger partial charge in [-0.1, -0.05) is 46.3 Å². The highest BCUT2D eigenvalue weighted by Gasteiger charge is 2.14. The quantitative estimate of drug-likeness (QED) is 0.460. The molecule has 100 valence electrons. The van der Waals surface area contributed by atoms with Crippen molar-refractivity contribution in [2.45, 2.75) is 18.7 Å². The van der Waals surface area contributed by atoms with Crippen molar-refractivity contribution >= 4 is 38.5 Å². The Morgan fingerprint density at radius 3 is 2.47 bits per heavy atom. The van der Waals surface area contributed by atoms with Gasteiger partial charge in [0.05, 0.1) is 11.4 Å². The summed E-state index contributed by atoms with van der Waals surface area (Å²) < 4.78 is 6.79. The molecule has 0 saturated carbocycles. The summed E-state index contributed by atoms with van der Waals surface area (Å²) >= 11 is 6.21. The van der Waals surface area contributed by atoms with Gasteiger partial charge in [-0.3, -0.25) is 0 Å². The topological polar surface area (TPSA) is 9.23 Å². The molecular formula is C16H16BrIO. The van der Waals surface area contributed by atoms with Gasteiger partial charge in [0.1, 0.15) is 5.75 Å². The van der Waals surface area contributed by atoms with E-state index in [2.05, 4.69) is 75.8 Å². The number of alkyl halides is 1. The predicted molar refractivity (Wildman–Crippen MR) is 92.3 cm³/mol. The maximum Gasteiger partial charge on any atom is 0.119 e. The summed E-state index contributed by atoms with van der Waals surface area (Å²) in [6.45, 7) is 4.84. The Bertz CT molecular complexity index is 551. The van der Waals surface area contributed by atoms with Crippen LogP contribution in [0.2, 0.25) is 0 Å². The van der Waals surface area contributed by atoms with Gasteiger partial charge in [-0.25, -0.2) is 0 Å². The van der Waals surface area contributed by atoms with E-state index in [9.17, 15) is 0 Å². The van der Waals surface area contributed by atoms with E-state index in [-0.39, 0.29) is 4.83 Å². The van der Waals surface area contributed by atoms with Crippen LogP contribution in [0.5, 0.6) is 5.75 Å². The first-order valence-electron chi connectivity index (χ1n) is 6.25. The Balaban J connectivity index is 2.28. The van der Waals surface area contributed by atoms with Gasteiger partial charge in [0, 0.05) is 3.57 Å². The second-order valence-corrected chi connectivity index (χ2v) is 6.34. The summed E-state index contributed by atoms with van der Waals surface area (Å²) in [7, 11) is 0. The van der Waals surface area contributed by atoms with E-state index in [1.807, 2.05) is 19.1 Å². The van der Waals surface area contributed by atoms with Crippen molar-refractivity contribution in [3.05, 3.63) is 62.7 Å². The lowest BCUT2D eigenvalue weighted by Crippen LogP contribution is -1.98. The molecule has 19 heavy (non-hydrogen) atoms. The highest BCUT2D eigenvalue weighted by Crippen LogP contribution is 2.35. The lowest BCUT2D eigenvalue weighted by atomic mass is 10.0. The van der Waals surface area contributed by atoms with E-state index >= 15 is 0 Å². The van der Waals surface area contributed by atoms with Crippen molar-refractivity contribution in [3.63, 3.8) is 0 Å². The normalized spacial score (nSPS) is 12.2. The van der Waals surface area contributed by atoms with Gasteiger partial charge in [-0.2, -0.15) is 0 Å². The van der Waals surface area contributed by atoms with Crippen molar-refractivity contribution in [2.24, 2.45) is 0 Å². The summed E-state index contributed by atoms with van der Waals surface area (Å²) in [5.41, 5.74) is 3.87. The molecule has 1 atom stereocenters. The molecule has 0 N–H and O–H groups in total. The molecule has 0 aromatic heterocycles. The lowest BCUT2D eigenvalue weighted by molar-refractivity contribution is 0.340. The highest BCUT2D eigenvalue weighted by molar-refractivity contribution is 14.1. The number of halogens is 2. The number of hydrogen-bond acceptors (Lipinski definition) is 1. The van der Waals surface area contributed by atoms with Crippen LogP contribution in [0, 0.1) is 10.5 Å². The van der Waals surface area contributed by atoms with E-state index < -0.39 is 0 Å². The zero-order chi connectivity index (χ0) is 13.8. The van der Waals surface area contributed by atoms with E-state index in [1.54, 1.807) is 0 Å². The molecule has 0 bridgehead atoms. The second-order valence-electron chi connectivity index (χ2n) is 4.34. The third-order valence-electron chi connectivity index (χ3n) is 2.98. The van der Waals surface area contributed by atoms with Gasteiger partial charge in [-0.05, 0) is 65.3 Å². The first-order valence-corrected chi connectivity index (χ1v) is 8.24. The predicted octanol–water partition coefficient (Wildman–Crippen LogP) is 5.48. The Kier molecular flexibility index (Phi) is 5.28. The van der Waals surface area contributed by atoms with E-state index in [1.165, 1.54) is 20.3 Å². The van der Waals surface area contributed by atoms with E-state index in [0.29, 0.717) is 6.61 Å². The molecule has 2 rings (SSSR count). The molecule has 0 spiro atoms. The summed E-state index contributed by atoms with van der Waals surface area (Å²) in [4.78, 5) is 0.218. The molecule has 0 aliphatic carbocycles. The van der Waals surface area contributed by atoms with Crippen LogP contribution in [-0.4, -0.2) is 6.61 Å². The minimum atomic E-state index is 0.218. The molecule has 0 saturated heterocycles. The average Bonchev–Trinajstić information content (AvgIpc) is 2.42. The van der Waals surface area contributed by atoms with Crippen LogP contribution in [0.4, 0.5) is 0 Å². The van der Waals surface area contributed by atoms with Crippen LogP contribution in [0.15, 0.2) is 42.5 Å². The van der Waals surface area contributed by atoms with Gasteiger partial charge in [-0.15, -0.1) is 0 Å². The monoisotopic (exact) mass is 430 g/mol. The van der Waals surface area contributed by atoms with Gasteiger partial charge >= 0.3 is 0 Å². The number of hydrogen-bond donors (Lipinski definition) is 0. The summed E-state index contributed by atoms with van der Waals surface area (Å²) in [5, 5.41) is 0. The van der Waals surface area contributed by atoms with Crippen molar-refractivity contribution < 1.29 is 4.74 Å². The Morgan fingerprint density at radius 1 is 1.16 bits per heavy atom. The fourth-order valence-electron chi connectivity index (χ4n) is 1.95. The van der Waals surface area contributed by atoms with Gasteiger partial charge in [0.15, 0.2) is 0 Å². The van der Waals surface area contributed by atoms with Crippen LogP contribution in [0.3, 0.4) is 0 Å². The van der Waals surface area contributed by atoms with Gasteiger partial charge in [0.2, 0.25) is 0 Å². The third-order valence-corrected chi connectivity index (χ3v) is 5.47. The summed E-state index contributed by atoms with van der Waals surface area (Å²) in [5.74, 6) is 0.921. The second kappa shape index (κ2) is 6.75. The van der Waals surface area contributed by atoms with E-state index in [4.69, 9.17) is 4.74 Å². The van der Waals surface area contributed by atoms with Crippen LogP contribution in [-0.2, 0) is 0 Å². The van der Waals surface area contributed by atoms with Crippen LogP contribution in [0.1, 0.15) is 28.4 Å². The number of benzene rings is 2. The molecule has 0 aliphatic rings. The van der Waals surface area contributed by atoms with Crippen LogP contribution in [0.25, 0.3) is 0 Å². The van der Waals surface area contributed by atoms with Crippen molar-refractivity contribution in [1.29, 1.82) is 0 Å². The first-order chi connectivity index (χ1) is 9.13. The fourth-order valence-corrected chi connectivity index (χ4v) is 3.73. The first kappa shape index (κ1) is 14.9. The minimum absolute atomic E-state index is 0.218. The molecular weight excluding hydrogens is 415 g/mol. The van der Waals surface area contributed by atoms with Gasteiger partial charge < -0.3 is 4.74 Å². The molecule has 0 amide bonds. The number of ether oxygens (including phenoxy) is 1. The van der Waals surface area contributed by atoms with E-state index in [0.717, 1.165) is 5.75 Å². The molecule has 0 fully saturated rings. The maximum atomic E-state index is 5.47. The molecule has 0 aliphatic heterocycles. The van der Waals surface area contributed by atoms with Crippen LogP contribution < -0.4 is 4.74 Å². The average molecular weight is 431 g/mol. The Labute approximate surface area is 136 Å². The van der Waals surface area contributed by atoms with Crippen molar-refractivity contribution in [1.82, 2.24) is 0 Å². The molecule has 2 aromatic rings. The smallest absolute Gasteiger partial charge is 0.119 e. The molecule has 0 radical (unpaired) electrons. The largest absolute Gasteiger partial charge is 0.494 e. The molecule has 3 heteroatoms. The lowest BCUT2D eigenvalue weighted by Gasteiger charge is -2.14. The molecule has 1 unspecified atom stereocenters.